The average Bonchev–Trinajstić information content (AvgIpc) is 3.15. The minimum absolute atomic E-state index is 0.272. The Morgan fingerprint density at radius 2 is 2.13 bits per heavy atom. The van der Waals surface area contributed by atoms with Crippen LogP contribution in [0.3, 0.4) is 0 Å². The standard InChI is InChI=1S/C23H32N2O4S/c1-14(2)5-8-19-22(3,27)21-20(29-4)17(26)9-10-23(21,28)12-25(19)15-6-7-16-18(11-15)30-13-24-16/h5-7,11,13,17,19-21,26-28H,8-10,12H2,1-4H3/t17-,19+,20-,21-,22+,23+/m1/s1. The number of hydrogen-bond donors (Lipinski definition) is 3. The van der Waals surface area contributed by atoms with Crippen molar-refractivity contribution < 1.29 is 20.1 Å². The molecule has 6 atom stereocenters. The van der Waals surface area contributed by atoms with Crippen LogP contribution in [-0.4, -0.2) is 63.4 Å². The molecule has 1 aliphatic heterocycles. The second-order valence-corrected chi connectivity index (χ2v) is 10.2. The minimum Gasteiger partial charge on any atom is -0.390 e. The topological polar surface area (TPSA) is 86.0 Å². The van der Waals surface area contributed by atoms with E-state index in [1.807, 2.05) is 31.5 Å². The first kappa shape index (κ1) is 21.7. The van der Waals surface area contributed by atoms with Crippen LogP contribution in [-0.2, 0) is 4.74 Å². The summed E-state index contributed by atoms with van der Waals surface area (Å²) >= 11 is 1.58. The van der Waals surface area contributed by atoms with Crippen molar-refractivity contribution in [3.8, 4) is 0 Å². The largest absolute Gasteiger partial charge is 0.390 e. The Bertz CT molecular complexity index is 938. The normalized spacial score (nSPS) is 36.6. The van der Waals surface area contributed by atoms with E-state index in [4.69, 9.17) is 4.74 Å². The number of β-amino-alcohol motifs (C(OH)–C–C–N with tert-alkyl or cyclic N) is 1. The van der Waals surface area contributed by atoms with Gasteiger partial charge in [0, 0.05) is 25.3 Å². The van der Waals surface area contributed by atoms with E-state index < -0.39 is 29.3 Å². The minimum atomic E-state index is -1.27. The molecule has 7 heteroatoms. The van der Waals surface area contributed by atoms with Crippen LogP contribution in [0, 0.1) is 5.92 Å². The van der Waals surface area contributed by atoms with Gasteiger partial charge in [-0.1, -0.05) is 11.6 Å². The number of allylic oxidation sites excluding steroid dienone is 1. The highest BCUT2D eigenvalue weighted by molar-refractivity contribution is 7.16. The lowest BCUT2D eigenvalue weighted by Gasteiger charge is -2.61. The summed E-state index contributed by atoms with van der Waals surface area (Å²) < 4.78 is 6.70. The van der Waals surface area contributed by atoms with E-state index in [0.717, 1.165) is 15.9 Å². The van der Waals surface area contributed by atoms with Gasteiger partial charge in [-0.05, 0) is 58.2 Å². The SMILES string of the molecule is CO[C@@H]1[C@H](O)CC[C@]2(O)CN(c3ccc4ncsc4c3)[C@@H](CC=C(C)C)[C@](C)(O)[C@@H]12. The number of nitrogens with zero attached hydrogens (tertiary/aromatic N) is 2. The van der Waals surface area contributed by atoms with Gasteiger partial charge in [-0.3, -0.25) is 0 Å². The number of thiazole rings is 1. The Kier molecular flexibility index (Phi) is 5.70. The number of benzene rings is 1. The van der Waals surface area contributed by atoms with Gasteiger partial charge in [-0.25, -0.2) is 4.98 Å². The molecule has 30 heavy (non-hydrogen) atoms. The second-order valence-electron chi connectivity index (χ2n) is 9.28. The summed E-state index contributed by atoms with van der Waals surface area (Å²) in [5, 5.41) is 34.2. The lowest BCUT2D eigenvalue weighted by Crippen LogP contribution is -2.75. The number of hydrogen-bond acceptors (Lipinski definition) is 7. The number of aromatic nitrogens is 1. The molecule has 2 heterocycles. The first-order chi connectivity index (χ1) is 14.2. The fourth-order valence-corrected chi connectivity index (χ4v) is 6.24. The van der Waals surface area contributed by atoms with E-state index in [1.54, 1.807) is 25.4 Å². The van der Waals surface area contributed by atoms with E-state index in [0.29, 0.717) is 25.8 Å². The van der Waals surface area contributed by atoms with Gasteiger partial charge in [0.15, 0.2) is 0 Å². The van der Waals surface area contributed by atoms with Crippen molar-refractivity contribution in [2.24, 2.45) is 5.92 Å². The fourth-order valence-electron chi connectivity index (χ4n) is 5.53. The molecule has 1 saturated carbocycles. The van der Waals surface area contributed by atoms with Gasteiger partial charge in [-0.2, -0.15) is 0 Å². The van der Waals surface area contributed by atoms with Crippen LogP contribution in [0.15, 0.2) is 35.4 Å². The molecule has 0 bridgehead atoms. The summed E-state index contributed by atoms with van der Waals surface area (Å²) in [6.45, 7) is 6.26. The molecular formula is C23H32N2O4S. The van der Waals surface area contributed by atoms with Gasteiger partial charge < -0.3 is 25.0 Å². The zero-order valence-corrected chi connectivity index (χ0v) is 18.9. The van der Waals surface area contributed by atoms with Crippen LogP contribution in [0.25, 0.3) is 10.2 Å². The first-order valence-corrected chi connectivity index (χ1v) is 11.4. The maximum atomic E-state index is 11.9. The highest BCUT2D eigenvalue weighted by atomic mass is 32.1. The third kappa shape index (κ3) is 3.56. The molecular weight excluding hydrogens is 400 g/mol. The Morgan fingerprint density at radius 3 is 2.83 bits per heavy atom. The fraction of sp³-hybridized carbons (Fsp3) is 0.609. The van der Waals surface area contributed by atoms with Crippen molar-refractivity contribution in [2.45, 2.75) is 69.5 Å². The molecule has 0 spiro atoms. The van der Waals surface area contributed by atoms with Gasteiger partial charge in [-0.15, -0.1) is 11.3 Å². The van der Waals surface area contributed by atoms with E-state index in [-0.39, 0.29) is 6.04 Å². The lowest BCUT2D eigenvalue weighted by molar-refractivity contribution is -0.232. The number of piperidine rings is 1. The summed E-state index contributed by atoms with van der Waals surface area (Å²) in [7, 11) is 1.55. The van der Waals surface area contributed by atoms with Crippen LogP contribution in [0.5, 0.6) is 0 Å². The van der Waals surface area contributed by atoms with Gasteiger partial charge in [0.25, 0.3) is 0 Å². The number of methoxy groups -OCH3 is 1. The maximum Gasteiger partial charge on any atom is 0.0914 e. The molecule has 1 aromatic heterocycles. The predicted molar refractivity (Wildman–Crippen MR) is 120 cm³/mol. The molecule has 2 aromatic rings. The molecule has 2 aliphatic rings. The quantitative estimate of drug-likeness (QED) is 0.644. The summed E-state index contributed by atoms with van der Waals surface area (Å²) in [5.74, 6) is -0.585. The number of aliphatic hydroxyl groups is 3. The number of aliphatic hydroxyl groups excluding tert-OH is 1. The highest BCUT2D eigenvalue weighted by Gasteiger charge is 2.63. The molecule has 1 saturated heterocycles. The van der Waals surface area contributed by atoms with Crippen LogP contribution in [0.1, 0.15) is 40.0 Å². The second kappa shape index (κ2) is 7.88. The van der Waals surface area contributed by atoms with Gasteiger partial charge in [0.05, 0.1) is 45.2 Å². The molecule has 2 fully saturated rings. The molecule has 164 valence electrons. The van der Waals surface area contributed by atoms with Crippen molar-refractivity contribution in [3.05, 3.63) is 35.4 Å². The van der Waals surface area contributed by atoms with Gasteiger partial charge >= 0.3 is 0 Å². The zero-order valence-electron chi connectivity index (χ0n) is 18.1. The van der Waals surface area contributed by atoms with E-state index >= 15 is 0 Å². The molecule has 0 amide bonds. The summed E-state index contributed by atoms with van der Waals surface area (Å²) in [6.07, 6.45) is 2.32. The monoisotopic (exact) mass is 432 g/mol. The lowest BCUT2D eigenvalue weighted by atomic mass is 9.59. The molecule has 0 radical (unpaired) electrons. The smallest absolute Gasteiger partial charge is 0.0914 e. The van der Waals surface area contributed by atoms with Gasteiger partial charge in [0.1, 0.15) is 0 Å². The third-order valence-electron chi connectivity index (χ3n) is 6.95. The van der Waals surface area contributed by atoms with E-state index in [1.165, 1.54) is 5.57 Å². The Morgan fingerprint density at radius 1 is 1.37 bits per heavy atom. The van der Waals surface area contributed by atoms with Crippen molar-refractivity contribution in [2.75, 3.05) is 18.6 Å². The van der Waals surface area contributed by atoms with Crippen LogP contribution >= 0.6 is 11.3 Å². The van der Waals surface area contributed by atoms with Crippen molar-refractivity contribution in [1.29, 1.82) is 0 Å². The highest BCUT2D eigenvalue weighted by Crippen LogP contribution is 2.50. The molecule has 6 nitrogen and oxygen atoms in total. The Balaban J connectivity index is 1.81. The number of fused-ring (bicyclic) bond motifs is 2. The van der Waals surface area contributed by atoms with E-state index in [2.05, 4.69) is 22.0 Å². The maximum absolute atomic E-state index is 11.9. The molecule has 1 aromatic carbocycles. The molecule has 0 unspecified atom stereocenters. The van der Waals surface area contributed by atoms with Crippen LogP contribution in [0.4, 0.5) is 5.69 Å². The van der Waals surface area contributed by atoms with Crippen molar-refractivity contribution in [1.82, 2.24) is 4.98 Å². The third-order valence-corrected chi connectivity index (χ3v) is 7.74. The molecule has 1 aliphatic carbocycles. The molecule has 3 N–H and O–H groups in total. The Labute approximate surface area is 181 Å². The van der Waals surface area contributed by atoms with Crippen molar-refractivity contribution >= 4 is 27.2 Å². The number of ether oxygens (including phenoxy) is 1. The van der Waals surface area contributed by atoms with Crippen LogP contribution < -0.4 is 4.90 Å². The van der Waals surface area contributed by atoms with Crippen molar-refractivity contribution in [3.63, 3.8) is 0 Å². The summed E-state index contributed by atoms with van der Waals surface area (Å²) in [4.78, 5) is 6.51. The van der Waals surface area contributed by atoms with Gasteiger partial charge in [0.2, 0.25) is 0 Å². The number of anilines is 1. The van der Waals surface area contributed by atoms with E-state index in [9.17, 15) is 15.3 Å². The summed E-state index contributed by atoms with van der Waals surface area (Å²) in [6, 6.07) is 5.83. The molecule has 4 rings (SSSR count). The predicted octanol–water partition coefficient (Wildman–Crippen LogP) is 3.11. The van der Waals surface area contributed by atoms with Crippen LogP contribution in [0.2, 0.25) is 0 Å². The summed E-state index contributed by atoms with van der Waals surface area (Å²) in [5.41, 5.74) is 2.49. The zero-order chi connectivity index (χ0) is 21.7. The number of rotatable bonds is 4. The first-order valence-electron chi connectivity index (χ1n) is 10.6. The Hall–Kier alpha value is -1.51. The average molecular weight is 433 g/mol.